The van der Waals surface area contributed by atoms with E-state index in [-0.39, 0.29) is 6.61 Å². The van der Waals surface area contributed by atoms with Crippen molar-refractivity contribution in [3.63, 3.8) is 0 Å². The van der Waals surface area contributed by atoms with Crippen LogP contribution in [0, 0.1) is 0 Å². The van der Waals surface area contributed by atoms with Crippen molar-refractivity contribution in [3.8, 4) is 0 Å². The molecule has 0 saturated heterocycles. The third-order valence-corrected chi connectivity index (χ3v) is 1.50. The van der Waals surface area contributed by atoms with Crippen LogP contribution in [0.15, 0.2) is 17.8 Å². The molecule has 0 aliphatic rings. The summed E-state index contributed by atoms with van der Waals surface area (Å²) < 4.78 is 1.76. The summed E-state index contributed by atoms with van der Waals surface area (Å²) in [4.78, 5) is 0. The van der Waals surface area contributed by atoms with Gasteiger partial charge in [-0.3, -0.25) is 4.68 Å². The molecule has 11 heavy (non-hydrogen) atoms. The van der Waals surface area contributed by atoms with Crippen LogP contribution in [0.5, 0.6) is 0 Å². The Labute approximate surface area is 66.0 Å². The Morgan fingerprint density at radius 3 is 3.00 bits per heavy atom. The standard InChI is InChI=1S/C8H12N2O/c1-7(6-11)5-8-3-4-9-10(8)2/h3-5,11H,6H2,1-2H3. The molecule has 0 unspecified atom stereocenters. The Morgan fingerprint density at radius 2 is 2.55 bits per heavy atom. The maximum absolute atomic E-state index is 8.73. The predicted octanol–water partition coefficient (Wildman–Crippen LogP) is 0.816. The van der Waals surface area contributed by atoms with E-state index >= 15 is 0 Å². The Balaban J connectivity index is 2.86. The van der Waals surface area contributed by atoms with Crippen LogP contribution in [-0.2, 0) is 7.05 Å². The molecular weight excluding hydrogens is 140 g/mol. The molecule has 0 atom stereocenters. The highest BCUT2D eigenvalue weighted by molar-refractivity contribution is 5.48. The highest BCUT2D eigenvalue weighted by atomic mass is 16.3. The molecule has 0 bridgehead atoms. The van der Waals surface area contributed by atoms with Gasteiger partial charge in [0.25, 0.3) is 0 Å². The van der Waals surface area contributed by atoms with E-state index in [0.29, 0.717) is 0 Å². The molecule has 0 fully saturated rings. The van der Waals surface area contributed by atoms with Crippen LogP contribution in [0.2, 0.25) is 0 Å². The van der Waals surface area contributed by atoms with Gasteiger partial charge < -0.3 is 5.11 Å². The van der Waals surface area contributed by atoms with Crippen LogP contribution in [-0.4, -0.2) is 21.5 Å². The maximum atomic E-state index is 8.73. The van der Waals surface area contributed by atoms with Crippen molar-refractivity contribution in [2.24, 2.45) is 7.05 Å². The lowest BCUT2D eigenvalue weighted by atomic mass is 10.2. The summed E-state index contributed by atoms with van der Waals surface area (Å²) >= 11 is 0. The second-order valence-corrected chi connectivity index (χ2v) is 2.53. The van der Waals surface area contributed by atoms with Crippen LogP contribution in [0.3, 0.4) is 0 Å². The number of rotatable bonds is 2. The molecule has 1 aromatic heterocycles. The van der Waals surface area contributed by atoms with Crippen molar-refractivity contribution < 1.29 is 5.11 Å². The zero-order valence-corrected chi connectivity index (χ0v) is 6.78. The molecule has 0 spiro atoms. The van der Waals surface area contributed by atoms with E-state index in [9.17, 15) is 0 Å². The summed E-state index contributed by atoms with van der Waals surface area (Å²) in [5.74, 6) is 0. The van der Waals surface area contributed by atoms with Crippen LogP contribution in [0.25, 0.3) is 6.08 Å². The van der Waals surface area contributed by atoms with Gasteiger partial charge in [-0.25, -0.2) is 0 Å². The van der Waals surface area contributed by atoms with E-state index in [1.54, 1.807) is 10.9 Å². The second-order valence-electron chi connectivity index (χ2n) is 2.53. The molecule has 3 heteroatoms. The van der Waals surface area contributed by atoms with Gasteiger partial charge in [0, 0.05) is 13.2 Å². The van der Waals surface area contributed by atoms with Crippen molar-refractivity contribution in [1.82, 2.24) is 9.78 Å². The zero-order valence-electron chi connectivity index (χ0n) is 6.78. The van der Waals surface area contributed by atoms with Crippen molar-refractivity contribution >= 4 is 6.08 Å². The van der Waals surface area contributed by atoms with Crippen molar-refractivity contribution in [1.29, 1.82) is 0 Å². The zero-order chi connectivity index (χ0) is 8.27. The molecule has 0 amide bonds. The topological polar surface area (TPSA) is 38.0 Å². The number of hydrogen-bond acceptors (Lipinski definition) is 2. The minimum atomic E-state index is 0.102. The van der Waals surface area contributed by atoms with Crippen molar-refractivity contribution in [3.05, 3.63) is 23.5 Å². The summed E-state index contributed by atoms with van der Waals surface area (Å²) in [6.45, 7) is 1.98. The molecule has 60 valence electrons. The monoisotopic (exact) mass is 152 g/mol. The van der Waals surface area contributed by atoms with E-state index < -0.39 is 0 Å². The quantitative estimate of drug-likeness (QED) is 0.681. The first-order chi connectivity index (χ1) is 5.24. The first-order valence-corrected chi connectivity index (χ1v) is 3.50. The number of nitrogens with zero attached hydrogens (tertiary/aromatic N) is 2. The molecule has 0 saturated carbocycles. The first kappa shape index (κ1) is 8.01. The SMILES string of the molecule is CC(=Cc1ccnn1C)CO. The number of aliphatic hydroxyl groups is 1. The van der Waals surface area contributed by atoms with Gasteiger partial charge in [-0.15, -0.1) is 0 Å². The summed E-state index contributed by atoms with van der Waals surface area (Å²) in [7, 11) is 1.87. The lowest BCUT2D eigenvalue weighted by Crippen LogP contribution is -1.93. The molecule has 3 nitrogen and oxygen atoms in total. The third-order valence-electron chi connectivity index (χ3n) is 1.50. The molecular formula is C8H12N2O. The fraction of sp³-hybridized carbons (Fsp3) is 0.375. The minimum Gasteiger partial charge on any atom is -0.392 e. The van der Waals surface area contributed by atoms with E-state index in [1.165, 1.54) is 0 Å². The highest BCUT2D eigenvalue weighted by Crippen LogP contribution is 2.03. The largest absolute Gasteiger partial charge is 0.392 e. The van der Waals surface area contributed by atoms with E-state index in [2.05, 4.69) is 5.10 Å². The smallest absolute Gasteiger partial charge is 0.0642 e. The molecule has 0 aromatic carbocycles. The van der Waals surface area contributed by atoms with Gasteiger partial charge in [0.2, 0.25) is 0 Å². The van der Waals surface area contributed by atoms with Gasteiger partial charge in [-0.1, -0.05) is 0 Å². The summed E-state index contributed by atoms with van der Waals surface area (Å²) in [6.07, 6.45) is 3.64. The molecule has 1 rings (SSSR count). The third kappa shape index (κ3) is 1.91. The van der Waals surface area contributed by atoms with Crippen molar-refractivity contribution in [2.75, 3.05) is 6.61 Å². The number of aliphatic hydroxyl groups excluding tert-OH is 1. The molecule has 0 aliphatic carbocycles. The fourth-order valence-corrected chi connectivity index (χ4v) is 0.824. The van der Waals surface area contributed by atoms with Crippen LogP contribution < -0.4 is 0 Å². The Kier molecular flexibility index (Phi) is 2.44. The Hall–Kier alpha value is -1.09. The van der Waals surface area contributed by atoms with E-state index in [4.69, 9.17) is 5.11 Å². The minimum absolute atomic E-state index is 0.102. The highest BCUT2D eigenvalue weighted by Gasteiger charge is 1.93. The summed E-state index contributed by atoms with van der Waals surface area (Å²) in [6, 6.07) is 1.90. The van der Waals surface area contributed by atoms with Gasteiger partial charge in [0.15, 0.2) is 0 Å². The van der Waals surface area contributed by atoms with Crippen LogP contribution in [0.4, 0.5) is 0 Å². The number of aryl methyl sites for hydroxylation is 1. The average Bonchev–Trinajstić information content (AvgIpc) is 2.37. The van der Waals surface area contributed by atoms with Crippen molar-refractivity contribution in [2.45, 2.75) is 6.92 Å². The van der Waals surface area contributed by atoms with Gasteiger partial charge in [-0.05, 0) is 24.6 Å². The molecule has 0 radical (unpaired) electrons. The van der Waals surface area contributed by atoms with Gasteiger partial charge in [0.05, 0.1) is 12.3 Å². The Bertz CT molecular complexity index is 263. The molecule has 1 aromatic rings. The van der Waals surface area contributed by atoms with Gasteiger partial charge in [-0.2, -0.15) is 5.10 Å². The molecule has 1 heterocycles. The van der Waals surface area contributed by atoms with E-state index in [1.807, 2.05) is 26.1 Å². The lowest BCUT2D eigenvalue weighted by molar-refractivity contribution is 0.332. The van der Waals surface area contributed by atoms with Crippen LogP contribution >= 0.6 is 0 Å². The fourth-order valence-electron chi connectivity index (χ4n) is 0.824. The average molecular weight is 152 g/mol. The molecule has 1 N–H and O–H groups in total. The first-order valence-electron chi connectivity index (χ1n) is 3.50. The predicted molar refractivity (Wildman–Crippen MR) is 43.9 cm³/mol. The normalized spacial score (nSPS) is 12.1. The lowest BCUT2D eigenvalue weighted by Gasteiger charge is -1.96. The molecule has 0 aliphatic heterocycles. The van der Waals surface area contributed by atoms with E-state index in [0.717, 1.165) is 11.3 Å². The van der Waals surface area contributed by atoms with Crippen LogP contribution in [0.1, 0.15) is 12.6 Å². The summed E-state index contributed by atoms with van der Waals surface area (Å²) in [5, 5.41) is 12.7. The Morgan fingerprint density at radius 1 is 1.82 bits per heavy atom. The number of aromatic nitrogens is 2. The van der Waals surface area contributed by atoms with Gasteiger partial charge >= 0.3 is 0 Å². The van der Waals surface area contributed by atoms with Gasteiger partial charge in [0.1, 0.15) is 0 Å². The summed E-state index contributed by atoms with van der Waals surface area (Å²) in [5.41, 5.74) is 1.95. The second kappa shape index (κ2) is 3.34. The number of hydrogen-bond donors (Lipinski definition) is 1. The maximum Gasteiger partial charge on any atom is 0.0642 e.